The summed E-state index contributed by atoms with van der Waals surface area (Å²) in [5, 5.41) is 0. The average Bonchev–Trinajstić information content (AvgIpc) is 2.50. The Morgan fingerprint density at radius 2 is 2.45 bits per heavy atom. The first-order valence-corrected chi connectivity index (χ1v) is 4.95. The third-order valence-corrected chi connectivity index (χ3v) is 1.97. The van der Waals surface area contributed by atoms with E-state index in [0.717, 1.165) is 18.6 Å². The second-order valence-electron chi connectivity index (χ2n) is 2.33. The van der Waals surface area contributed by atoms with Gasteiger partial charge in [0.2, 0.25) is 0 Å². The number of hydrogen-bond donors (Lipinski definition) is 0. The van der Waals surface area contributed by atoms with E-state index in [9.17, 15) is 0 Å². The first-order valence-electron chi connectivity index (χ1n) is 3.71. The number of unbranched alkanes of at least 4 members (excludes halogenated alkanes) is 1. The Morgan fingerprint density at radius 1 is 1.55 bits per heavy atom. The smallest absolute Gasteiger partial charge is 0.103 e. The van der Waals surface area contributed by atoms with Crippen molar-refractivity contribution in [3.05, 3.63) is 34.3 Å². The highest BCUT2D eigenvalue weighted by molar-refractivity contribution is 14.1. The van der Waals surface area contributed by atoms with Crippen LogP contribution in [0.2, 0.25) is 0 Å². The van der Waals surface area contributed by atoms with Gasteiger partial charge in [-0.2, -0.15) is 0 Å². The second kappa shape index (κ2) is 5.41. The van der Waals surface area contributed by atoms with Crippen LogP contribution in [-0.2, 0) is 6.42 Å². The van der Waals surface area contributed by atoms with Gasteiger partial charge in [-0.15, -0.1) is 0 Å². The largest absolute Gasteiger partial charge is 0.469 e. The van der Waals surface area contributed by atoms with Crippen LogP contribution in [0.25, 0.3) is 0 Å². The molecule has 0 fully saturated rings. The van der Waals surface area contributed by atoms with Crippen LogP contribution in [0.15, 0.2) is 33.0 Å². The van der Waals surface area contributed by atoms with Gasteiger partial charge < -0.3 is 4.42 Å². The summed E-state index contributed by atoms with van der Waals surface area (Å²) in [6.45, 7) is 0. The molecule has 1 nitrogen and oxygen atoms in total. The van der Waals surface area contributed by atoms with Crippen LogP contribution in [0.4, 0.5) is 0 Å². The van der Waals surface area contributed by atoms with E-state index in [1.54, 1.807) is 6.26 Å². The van der Waals surface area contributed by atoms with Crippen LogP contribution in [-0.4, -0.2) is 0 Å². The van der Waals surface area contributed by atoms with Gasteiger partial charge in [-0.25, -0.2) is 0 Å². The van der Waals surface area contributed by atoms with Gasteiger partial charge in [0.15, 0.2) is 0 Å². The summed E-state index contributed by atoms with van der Waals surface area (Å²) in [4.78, 5) is 0. The van der Waals surface area contributed by atoms with Crippen molar-refractivity contribution in [2.24, 2.45) is 0 Å². The topological polar surface area (TPSA) is 13.1 Å². The van der Waals surface area contributed by atoms with Gasteiger partial charge in [0.05, 0.1) is 6.26 Å². The standard InChI is InChI=1S/C9H11IO/c10-7-3-1-2-5-9-6-4-8-11-9/h3-4,6-8H,1-2,5H2. The highest BCUT2D eigenvalue weighted by Crippen LogP contribution is 2.05. The van der Waals surface area contributed by atoms with Gasteiger partial charge in [-0.1, -0.05) is 28.7 Å². The van der Waals surface area contributed by atoms with Crippen molar-refractivity contribution in [3.8, 4) is 0 Å². The average molecular weight is 262 g/mol. The van der Waals surface area contributed by atoms with E-state index in [2.05, 4.69) is 32.7 Å². The van der Waals surface area contributed by atoms with Crippen molar-refractivity contribution in [1.82, 2.24) is 0 Å². The molecule has 1 rings (SSSR count). The van der Waals surface area contributed by atoms with Crippen LogP contribution in [0.3, 0.4) is 0 Å². The fraction of sp³-hybridized carbons (Fsp3) is 0.333. The van der Waals surface area contributed by atoms with E-state index in [1.807, 2.05) is 12.1 Å². The van der Waals surface area contributed by atoms with E-state index < -0.39 is 0 Å². The third kappa shape index (κ3) is 3.60. The van der Waals surface area contributed by atoms with Crippen molar-refractivity contribution < 1.29 is 4.42 Å². The summed E-state index contributed by atoms with van der Waals surface area (Å²) < 4.78 is 7.24. The van der Waals surface area contributed by atoms with E-state index in [0.29, 0.717) is 0 Å². The summed E-state index contributed by atoms with van der Waals surface area (Å²) in [7, 11) is 0. The van der Waals surface area contributed by atoms with E-state index in [1.165, 1.54) is 6.42 Å². The van der Waals surface area contributed by atoms with E-state index in [4.69, 9.17) is 4.42 Å². The molecule has 1 aromatic heterocycles. The summed E-state index contributed by atoms with van der Waals surface area (Å²) in [6.07, 6.45) is 7.26. The Hall–Kier alpha value is -0.250. The SMILES string of the molecule is IC=CCCCc1ccco1. The molecule has 11 heavy (non-hydrogen) atoms. The number of furan rings is 1. The summed E-state index contributed by atoms with van der Waals surface area (Å²) in [5.74, 6) is 1.09. The number of allylic oxidation sites excluding steroid dienone is 1. The first-order chi connectivity index (χ1) is 5.43. The molecule has 60 valence electrons. The van der Waals surface area contributed by atoms with Crippen LogP contribution in [0.5, 0.6) is 0 Å². The molecular weight excluding hydrogens is 251 g/mol. The maximum Gasteiger partial charge on any atom is 0.103 e. The predicted octanol–water partition coefficient (Wildman–Crippen LogP) is 3.55. The molecule has 0 spiro atoms. The molecule has 0 unspecified atom stereocenters. The summed E-state index contributed by atoms with van der Waals surface area (Å²) in [6, 6.07) is 3.96. The maximum atomic E-state index is 5.19. The Labute approximate surface area is 80.6 Å². The highest BCUT2D eigenvalue weighted by Gasteiger charge is 1.92. The van der Waals surface area contributed by atoms with Crippen LogP contribution < -0.4 is 0 Å². The van der Waals surface area contributed by atoms with Crippen LogP contribution >= 0.6 is 22.6 Å². The molecular formula is C9H11IO. The fourth-order valence-corrected chi connectivity index (χ4v) is 1.27. The van der Waals surface area contributed by atoms with Gasteiger partial charge >= 0.3 is 0 Å². The van der Waals surface area contributed by atoms with Crippen molar-refractivity contribution in [3.63, 3.8) is 0 Å². The van der Waals surface area contributed by atoms with Crippen LogP contribution in [0, 0.1) is 0 Å². The molecule has 0 saturated heterocycles. The molecule has 0 amide bonds. The van der Waals surface area contributed by atoms with Crippen molar-refractivity contribution >= 4 is 22.6 Å². The lowest BCUT2D eigenvalue weighted by Crippen LogP contribution is -1.78. The Bertz CT molecular complexity index is 201. The summed E-state index contributed by atoms with van der Waals surface area (Å²) >= 11 is 2.24. The third-order valence-electron chi connectivity index (χ3n) is 1.46. The Kier molecular flexibility index (Phi) is 4.35. The minimum Gasteiger partial charge on any atom is -0.469 e. The molecule has 0 aromatic carbocycles. The Morgan fingerprint density at radius 3 is 3.09 bits per heavy atom. The van der Waals surface area contributed by atoms with E-state index >= 15 is 0 Å². The Balaban J connectivity index is 2.14. The highest BCUT2D eigenvalue weighted by atomic mass is 127. The second-order valence-corrected chi connectivity index (χ2v) is 3.05. The number of hydrogen-bond acceptors (Lipinski definition) is 1. The molecule has 0 bridgehead atoms. The lowest BCUT2D eigenvalue weighted by atomic mass is 10.2. The number of rotatable bonds is 4. The molecule has 0 radical (unpaired) electrons. The molecule has 0 aliphatic carbocycles. The maximum absolute atomic E-state index is 5.19. The molecule has 0 saturated carbocycles. The number of halogens is 1. The molecule has 1 heterocycles. The molecule has 0 N–H and O–H groups in total. The van der Waals surface area contributed by atoms with Gasteiger partial charge in [-0.05, 0) is 29.1 Å². The molecule has 2 heteroatoms. The lowest BCUT2D eigenvalue weighted by molar-refractivity contribution is 0.503. The summed E-state index contributed by atoms with van der Waals surface area (Å²) in [5.41, 5.74) is 0. The van der Waals surface area contributed by atoms with Crippen molar-refractivity contribution in [2.75, 3.05) is 0 Å². The normalized spacial score (nSPS) is 11.0. The van der Waals surface area contributed by atoms with Crippen LogP contribution in [0.1, 0.15) is 18.6 Å². The van der Waals surface area contributed by atoms with Crippen molar-refractivity contribution in [2.45, 2.75) is 19.3 Å². The molecule has 0 atom stereocenters. The first kappa shape index (κ1) is 8.84. The lowest BCUT2D eigenvalue weighted by Gasteiger charge is -1.91. The molecule has 0 aliphatic heterocycles. The van der Waals surface area contributed by atoms with Gasteiger partial charge in [0.25, 0.3) is 0 Å². The zero-order valence-electron chi connectivity index (χ0n) is 6.29. The van der Waals surface area contributed by atoms with Crippen molar-refractivity contribution in [1.29, 1.82) is 0 Å². The zero-order valence-corrected chi connectivity index (χ0v) is 8.45. The zero-order chi connectivity index (χ0) is 7.94. The van der Waals surface area contributed by atoms with E-state index in [-0.39, 0.29) is 0 Å². The predicted molar refractivity (Wildman–Crippen MR) is 54.8 cm³/mol. The fourth-order valence-electron chi connectivity index (χ4n) is 0.912. The van der Waals surface area contributed by atoms with Gasteiger partial charge in [0, 0.05) is 6.42 Å². The monoisotopic (exact) mass is 262 g/mol. The van der Waals surface area contributed by atoms with Gasteiger partial charge in [0.1, 0.15) is 5.76 Å². The molecule has 0 aliphatic rings. The minimum absolute atomic E-state index is 1.05. The minimum atomic E-state index is 1.05. The molecule has 1 aromatic rings. The number of aryl methyl sites for hydroxylation is 1. The van der Waals surface area contributed by atoms with Gasteiger partial charge in [-0.3, -0.25) is 0 Å². The quantitative estimate of drug-likeness (QED) is 0.597.